The average molecular weight is 367 g/mol. The van der Waals surface area contributed by atoms with Gasteiger partial charge in [0.2, 0.25) is 0 Å². The summed E-state index contributed by atoms with van der Waals surface area (Å²) in [4.78, 5) is 0. The van der Waals surface area contributed by atoms with E-state index in [9.17, 15) is 8.42 Å². The third kappa shape index (κ3) is 3.21. The van der Waals surface area contributed by atoms with Crippen molar-refractivity contribution in [1.82, 2.24) is 0 Å². The maximum atomic E-state index is 12.7. The fraction of sp³-hybridized carbons (Fsp3) is 0.125. The highest BCUT2D eigenvalue weighted by Crippen LogP contribution is 2.36. The molecule has 4 nitrogen and oxygen atoms in total. The van der Waals surface area contributed by atoms with Crippen LogP contribution in [0.4, 0.5) is 5.69 Å². The molecule has 1 aromatic heterocycles. The molecular weight excluding hydrogens is 352 g/mol. The van der Waals surface area contributed by atoms with E-state index in [1.807, 2.05) is 12.1 Å². The summed E-state index contributed by atoms with van der Waals surface area (Å²) in [6.07, 6.45) is 0. The van der Waals surface area contributed by atoms with Crippen molar-refractivity contribution in [2.75, 3.05) is 4.72 Å². The molecule has 0 saturated heterocycles. The zero-order valence-electron chi connectivity index (χ0n) is 12.3. The van der Waals surface area contributed by atoms with Crippen molar-refractivity contribution in [3.63, 3.8) is 0 Å². The number of hydrogen-bond donors (Lipinski definition) is 2. The van der Waals surface area contributed by atoms with Crippen molar-refractivity contribution in [3.05, 3.63) is 58.6 Å². The molecule has 1 heterocycles. The minimum atomic E-state index is -3.66. The van der Waals surface area contributed by atoms with Gasteiger partial charge in [-0.1, -0.05) is 23.7 Å². The first-order chi connectivity index (χ1) is 10.9. The molecule has 0 atom stereocenters. The van der Waals surface area contributed by atoms with E-state index in [0.29, 0.717) is 27.0 Å². The van der Waals surface area contributed by atoms with Gasteiger partial charge in [-0.15, -0.1) is 11.3 Å². The molecule has 3 aromatic rings. The molecule has 23 heavy (non-hydrogen) atoms. The van der Waals surface area contributed by atoms with Gasteiger partial charge in [0, 0.05) is 22.0 Å². The monoisotopic (exact) mass is 366 g/mol. The van der Waals surface area contributed by atoms with Gasteiger partial charge in [0.25, 0.3) is 10.0 Å². The molecule has 0 radical (unpaired) electrons. The Hall–Kier alpha value is -1.60. The lowest BCUT2D eigenvalue weighted by Crippen LogP contribution is -2.12. The second kappa shape index (κ2) is 6.13. The molecule has 2 aromatic carbocycles. The van der Waals surface area contributed by atoms with Gasteiger partial charge in [-0.3, -0.25) is 4.72 Å². The lowest BCUT2D eigenvalue weighted by molar-refractivity contribution is 0.603. The predicted octanol–water partition coefficient (Wildman–Crippen LogP) is 4.12. The summed E-state index contributed by atoms with van der Waals surface area (Å²) >= 11 is 7.24. The summed E-state index contributed by atoms with van der Waals surface area (Å²) in [5.41, 5.74) is 7.67. The van der Waals surface area contributed by atoms with Crippen LogP contribution in [0, 0.1) is 6.92 Å². The minimum absolute atomic E-state index is 0.299. The molecule has 120 valence electrons. The quantitative estimate of drug-likeness (QED) is 0.729. The Labute approximate surface area is 143 Å². The molecule has 0 unspecified atom stereocenters. The topological polar surface area (TPSA) is 72.2 Å². The van der Waals surface area contributed by atoms with Crippen LogP contribution in [0.15, 0.2) is 46.7 Å². The number of thiophene rings is 1. The van der Waals surface area contributed by atoms with Crippen molar-refractivity contribution in [3.8, 4) is 0 Å². The molecule has 0 spiro atoms. The SMILES string of the molecule is Cc1c(S(=O)(=O)Nc2cccc(CN)c2)sc2ccc(Cl)cc12. The molecule has 3 rings (SSSR count). The molecule has 0 fully saturated rings. The summed E-state index contributed by atoms with van der Waals surface area (Å²) in [5, 5.41) is 1.45. The van der Waals surface area contributed by atoms with Gasteiger partial charge in [-0.05, 0) is 53.8 Å². The van der Waals surface area contributed by atoms with Crippen molar-refractivity contribution in [2.24, 2.45) is 5.73 Å². The van der Waals surface area contributed by atoms with Crippen LogP contribution in [0.25, 0.3) is 10.1 Å². The molecule has 7 heteroatoms. The van der Waals surface area contributed by atoms with Crippen LogP contribution in [0.1, 0.15) is 11.1 Å². The van der Waals surface area contributed by atoms with Crippen LogP contribution in [-0.4, -0.2) is 8.42 Å². The van der Waals surface area contributed by atoms with E-state index in [1.54, 1.807) is 37.3 Å². The number of halogens is 1. The van der Waals surface area contributed by atoms with Gasteiger partial charge in [-0.25, -0.2) is 8.42 Å². The normalized spacial score (nSPS) is 11.8. The van der Waals surface area contributed by atoms with E-state index in [1.165, 1.54) is 11.3 Å². The van der Waals surface area contributed by atoms with E-state index < -0.39 is 10.0 Å². The number of rotatable bonds is 4. The number of aryl methyl sites for hydroxylation is 1. The van der Waals surface area contributed by atoms with Gasteiger partial charge in [0.15, 0.2) is 0 Å². The van der Waals surface area contributed by atoms with E-state index in [0.717, 1.165) is 15.6 Å². The highest BCUT2D eigenvalue weighted by Gasteiger charge is 2.22. The zero-order valence-corrected chi connectivity index (χ0v) is 14.7. The smallest absolute Gasteiger partial charge is 0.271 e. The van der Waals surface area contributed by atoms with Crippen LogP contribution in [0.5, 0.6) is 0 Å². The number of nitrogens with one attached hydrogen (secondary N) is 1. The third-order valence-electron chi connectivity index (χ3n) is 3.51. The first kappa shape index (κ1) is 16.3. The first-order valence-corrected chi connectivity index (χ1v) is 9.59. The highest BCUT2D eigenvalue weighted by atomic mass is 35.5. The Morgan fingerprint density at radius 2 is 2.00 bits per heavy atom. The first-order valence-electron chi connectivity index (χ1n) is 6.91. The fourth-order valence-electron chi connectivity index (χ4n) is 2.39. The van der Waals surface area contributed by atoms with E-state index in [4.69, 9.17) is 17.3 Å². The van der Waals surface area contributed by atoms with Crippen LogP contribution in [-0.2, 0) is 16.6 Å². The second-order valence-electron chi connectivity index (χ2n) is 5.17. The molecule has 0 bridgehead atoms. The van der Waals surface area contributed by atoms with Gasteiger partial charge < -0.3 is 5.73 Å². The summed E-state index contributed by atoms with van der Waals surface area (Å²) in [5.74, 6) is 0. The lowest BCUT2D eigenvalue weighted by Gasteiger charge is -2.08. The maximum Gasteiger partial charge on any atom is 0.271 e. The van der Waals surface area contributed by atoms with Crippen LogP contribution in [0.3, 0.4) is 0 Å². The molecular formula is C16H15ClN2O2S2. The largest absolute Gasteiger partial charge is 0.326 e. The molecule has 0 aliphatic rings. The zero-order chi connectivity index (χ0) is 16.6. The molecule has 0 amide bonds. The number of hydrogen-bond acceptors (Lipinski definition) is 4. The third-order valence-corrected chi connectivity index (χ3v) is 7.02. The highest BCUT2D eigenvalue weighted by molar-refractivity contribution is 7.94. The number of fused-ring (bicyclic) bond motifs is 1. The second-order valence-corrected chi connectivity index (χ2v) is 8.53. The van der Waals surface area contributed by atoms with Crippen molar-refractivity contribution < 1.29 is 8.42 Å². The molecule has 0 aliphatic carbocycles. The van der Waals surface area contributed by atoms with Gasteiger partial charge in [0.05, 0.1) is 0 Å². The Morgan fingerprint density at radius 1 is 1.22 bits per heavy atom. The van der Waals surface area contributed by atoms with Crippen LogP contribution < -0.4 is 10.5 Å². The summed E-state index contributed by atoms with van der Waals surface area (Å²) < 4.78 is 29.2. The molecule has 3 N–H and O–H groups in total. The Kier molecular flexibility index (Phi) is 4.33. The number of anilines is 1. The fourth-order valence-corrected chi connectivity index (χ4v) is 5.36. The van der Waals surface area contributed by atoms with Gasteiger partial charge >= 0.3 is 0 Å². The maximum absolute atomic E-state index is 12.7. The summed E-state index contributed by atoms with van der Waals surface area (Å²) in [6, 6.07) is 12.4. The van der Waals surface area contributed by atoms with Crippen LogP contribution in [0.2, 0.25) is 5.02 Å². The van der Waals surface area contributed by atoms with Crippen molar-refractivity contribution in [1.29, 1.82) is 0 Å². The van der Waals surface area contributed by atoms with Crippen molar-refractivity contribution in [2.45, 2.75) is 17.7 Å². The summed E-state index contributed by atoms with van der Waals surface area (Å²) in [7, 11) is -3.66. The van der Waals surface area contributed by atoms with E-state index in [2.05, 4.69) is 4.72 Å². The molecule has 0 aliphatic heterocycles. The standard InChI is InChI=1S/C16H15ClN2O2S2/c1-10-14-8-12(17)5-6-15(14)22-16(10)23(20,21)19-13-4-2-3-11(7-13)9-18/h2-8,19H,9,18H2,1H3. The average Bonchev–Trinajstić information content (AvgIpc) is 2.85. The minimum Gasteiger partial charge on any atom is -0.326 e. The lowest BCUT2D eigenvalue weighted by atomic mass is 10.2. The van der Waals surface area contributed by atoms with Crippen LogP contribution >= 0.6 is 22.9 Å². The Balaban J connectivity index is 2.04. The van der Waals surface area contributed by atoms with E-state index >= 15 is 0 Å². The number of nitrogens with two attached hydrogens (primary N) is 1. The van der Waals surface area contributed by atoms with Gasteiger partial charge in [-0.2, -0.15) is 0 Å². The molecule has 0 saturated carbocycles. The van der Waals surface area contributed by atoms with Gasteiger partial charge in [0.1, 0.15) is 4.21 Å². The Bertz CT molecular complexity index is 981. The Morgan fingerprint density at radius 3 is 2.74 bits per heavy atom. The number of sulfonamides is 1. The summed E-state index contributed by atoms with van der Waals surface area (Å²) in [6.45, 7) is 2.15. The predicted molar refractivity (Wildman–Crippen MR) is 96.7 cm³/mol. The number of benzene rings is 2. The van der Waals surface area contributed by atoms with E-state index in [-0.39, 0.29) is 0 Å². The van der Waals surface area contributed by atoms with Crippen molar-refractivity contribution >= 4 is 48.7 Å².